The van der Waals surface area contributed by atoms with Crippen LogP contribution in [0.15, 0.2) is 87.2 Å². The Kier molecular flexibility index (Phi) is 8.23. The van der Waals surface area contributed by atoms with E-state index >= 15 is 0 Å². The first-order chi connectivity index (χ1) is 16.9. The van der Waals surface area contributed by atoms with E-state index in [1.807, 2.05) is 12.1 Å². The summed E-state index contributed by atoms with van der Waals surface area (Å²) in [5.74, 6) is 1.65. The van der Waals surface area contributed by atoms with Crippen molar-refractivity contribution in [2.45, 2.75) is 13.1 Å². The highest BCUT2D eigenvalue weighted by Gasteiger charge is 2.15. The van der Waals surface area contributed by atoms with Crippen LogP contribution in [0.5, 0.6) is 11.5 Å². The maximum absolute atomic E-state index is 13.5. The summed E-state index contributed by atoms with van der Waals surface area (Å²) in [5, 5.41) is 3.01. The van der Waals surface area contributed by atoms with Gasteiger partial charge in [0.05, 0.1) is 27.3 Å². The van der Waals surface area contributed by atoms with Gasteiger partial charge < -0.3 is 20.5 Å². The van der Waals surface area contributed by atoms with Crippen molar-refractivity contribution in [3.05, 3.63) is 105 Å². The fourth-order valence-electron chi connectivity index (χ4n) is 3.31. The molecular formula is C25H28N6O4. The molecule has 0 aliphatic carbocycles. The molecule has 0 fully saturated rings. The number of rotatable bonds is 11. The quantitative estimate of drug-likeness (QED) is 0.320. The average Bonchev–Trinajstić information content (AvgIpc) is 2.89. The predicted molar refractivity (Wildman–Crippen MR) is 136 cm³/mol. The number of methoxy groups -OCH3 is 2. The van der Waals surface area contributed by atoms with Crippen LogP contribution in [-0.4, -0.2) is 41.6 Å². The van der Waals surface area contributed by atoms with Gasteiger partial charge in [0, 0.05) is 12.1 Å². The molecule has 10 heteroatoms. The van der Waals surface area contributed by atoms with Gasteiger partial charge in [0.1, 0.15) is 17.3 Å². The van der Waals surface area contributed by atoms with Crippen LogP contribution < -0.4 is 31.9 Å². The van der Waals surface area contributed by atoms with Crippen molar-refractivity contribution in [1.29, 1.82) is 0 Å². The minimum atomic E-state index is -0.682. The summed E-state index contributed by atoms with van der Waals surface area (Å²) in [6.45, 7) is 7.50. The number of hydrogen-bond donors (Lipinski definition) is 2. The van der Waals surface area contributed by atoms with Crippen molar-refractivity contribution in [3.8, 4) is 11.5 Å². The summed E-state index contributed by atoms with van der Waals surface area (Å²) in [7, 11) is 3.15. The van der Waals surface area contributed by atoms with E-state index in [9.17, 15) is 9.59 Å². The lowest BCUT2D eigenvalue weighted by molar-refractivity contribution is 0.414. The Morgan fingerprint density at radius 3 is 1.97 bits per heavy atom. The molecule has 2 aromatic carbocycles. The Labute approximate surface area is 202 Å². The highest BCUT2D eigenvalue weighted by molar-refractivity contribution is 5.37. The number of nitrogens with zero attached hydrogens (tertiary/aromatic N) is 4. The van der Waals surface area contributed by atoms with Crippen molar-refractivity contribution in [1.82, 2.24) is 14.1 Å². The number of aliphatic imine (C=N–C) groups is 1. The van der Waals surface area contributed by atoms with Crippen LogP contribution >= 0.6 is 0 Å². The smallest absolute Gasteiger partial charge is 0.355 e. The number of hydrogen-bond acceptors (Lipinski definition) is 8. The zero-order chi connectivity index (χ0) is 25.4. The lowest BCUT2D eigenvalue weighted by Gasteiger charge is -2.16. The number of ether oxygens (including phenoxy) is 2. The van der Waals surface area contributed by atoms with Crippen molar-refractivity contribution in [2.24, 2.45) is 10.7 Å². The number of benzene rings is 2. The Bertz CT molecular complexity index is 1340. The van der Waals surface area contributed by atoms with E-state index in [-0.39, 0.29) is 31.4 Å². The highest BCUT2D eigenvalue weighted by atomic mass is 16.5. The molecular weight excluding hydrogens is 448 g/mol. The first-order valence-electron chi connectivity index (χ1n) is 10.7. The standard InChI is InChI=1S/C25H28N6O4/c1-5-19(22(26)27-2)14-28-23-29-24(32)31(16-18-8-12-21(35-4)13-9-18)25(33)30(23)15-17-6-10-20(34-3)11-7-17/h5-13H,1-2,14-16,26H2,3-4H3,(H,28,29,32)/b22-19+. The first kappa shape index (κ1) is 25.0. The lowest BCUT2D eigenvalue weighted by atomic mass is 10.2. The molecule has 0 atom stereocenters. The molecule has 0 radical (unpaired) electrons. The van der Waals surface area contributed by atoms with Gasteiger partial charge in [-0.1, -0.05) is 36.9 Å². The first-order valence-corrected chi connectivity index (χ1v) is 10.7. The Morgan fingerprint density at radius 2 is 1.51 bits per heavy atom. The Morgan fingerprint density at radius 1 is 1.00 bits per heavy atom. The summed E-state index contributed by atoms with van der Waals surface area (Å²) in [6.07, 6.45) is 1.52. The molecule has 1 aromatic heterocycles. The minimum Gasteiger partial charge on any atom is -0.497 e. The van der Waals surface area contributed by atoms with Crippen molar-refractivity contribution >= 4 is 12.7 Å². The molecule has 3 aromatic rings. The van der Waals surface area contributed by atoms with Gasteiger partial charge in [0.25, 0.3) is 0 Å². The number of anilines is 1. The molecule has 0 unspecified atom stereocenters. The van der Waals surface area contributed by atoms with E-state index < -0.39 is 11.4 Å². The molecule has 3 rings (SSSR count). The van der Waals surface area contributed by atoms with E-state index in [4.69, 9.17) is 15.2 Å². The molecule has 0 bridgehead atoms. The van der Waals surface area contributed by atoms with Gasteiger partial charge >= 0.3 is 11.4 Å². The second kappa shape index (κ2) is 11.5. The highest BCUT2D eigenvalue weighted by Crippen LogP contribution is 2.14. The third kappa shape index (κ3) is 6.05. The van der Waals surface area contributed by atoms with Crippen LogP contribution in [0.1, 0.15) is 11.1 Å². The molecule has 0 spiro atoms. The summed E-state index contributed by atoms with van der Waals surface area (Å²) < 4.78 is 12.9. The topological polar surface area (TPSA) is 126 Å². The largest absolute Gasteiger partial charge is 0.497 e. The number of aromatic nitrogens is 3. The van der Waals surface area contributed by atoms with Gasteiger partial charge in [-0.15, -0.1) is 0 Å². The second-order valence-corrected chi connectivity index (χ2v) is 7.50. The molecule has 0 saturated carbocycles. The van der Waals surface area contributed by atoms with Crippen LogP contribution in [0.2, 0.25) is 0 Å². The lowest BCUT2D eigenvalue weighted by Crippen LogP contribution is -2.43. The molecule has 182 valence electrons. The summed E-state index contributed by atoms with van der Waals surface area (Å²) in [5.41, 5.74) is 6.76. The van der Waals surface area contributed by atoms with Crippen molar-refractivity contribution in [2.75, 3.05) is 26.1 Å². The van der Waals surface area contributed by atoms with Crippen LogP contribution in [0.4, 0.5) is 5.95 Å². The van der Waals surface area contributed by atoms with Gasteiger partial charge in [0.15, 0.2) is 0 Å². The maximum atomic E-state index is 13.5. The molecule has 0 amide bonds. The second-order valence-electron chi connectivity index (χ2n) is 7.50. The van der Waals surface area contributed by atoms with Gasteiger partial charge in [-0.05, 0) is 42.1 Å². The molecule has 35 heavy (non-hydrogen) atoms. The fourth-order valence-corrected chi connectivity index (χ4v) is 3.31. The van der Waals surface area contributed by atoms with Gasteiger partial charge in [-0.25, -0.2) is 19.1 Å². The van der Waals surface area contributed by atoms with Crippen LogP contribution in [0, 0.1) is 0 Å². The summed E-state index contributed by atoms with van der Waals surface area (Å²) >= 11 is 0. The minimum absolute atomic E-state index is 0.0582. The van der Waals surface area contributed by atoms with Crippen molar-refractivity contribution < 1.29 is 9.47 Å². The van der Waals surface area contributed by atoms with Crippen LogP contribution in [0.25, 0.3) is 0 Å². The molecule has 0 saturated heterocycles. The van der Waals surface area contributed by atoms with Crippen molar-refractivity contribution in [3.63, 3.8) is 0 Å². The molecule has 3 N–H and O–H groups in total. The molecule has 10 nitrogen and oxygen atoms in total. The van der Waals surface area contributed by atoms with Crippen LogP contribution in [-0.2, 0) is 13.1 Å². The monoisotopic (exact) mass is 476 g/mol. The molecule has 0 aliphatic rings. The molecule has 0 aliphatic heterocycles. The van der Waals surface area contributed by atoms with E-state index in [0.717, 1.165) is 15.7 Å². The summed E-state index contributed by atoms with van der Waals surface area (Å²) in [6, 6.07) is 14.4. The normalized spacial score (nSPS) is 11.4. The maximum Gasteiger partial charge on any atom is 0.355 e. The predicted octanol–water partition coefficient (Wildman–Crippen LogP) is 1.99. The zero-order valence-corrected chi connectivity index (χ0v) is 19.7. The third-order valence-corrected chi connectivity index (χ3v) is 5.33. The summed E-state index contributed by atoms with van der Waals surface area (Å²) in [4.78, 5) is 34.2. The van der Waals surface area contributed by atoms with E-state index in [1.54, 1.807) is 50.6 Å². The SMILES string of the molecule is C=C/C(CNc1nc(=O)n(Cc2ccc(OC)cc2)c(=O)n1Cc1ccc(OC)cc1)=C(/N)N=C. The average molecular weight is 477 g/mol. The van der Waals surface area contributed by atoms with Crippen LogP contribution in [0.3, 0.4) is 0 Å². The zero-order valence-electron chi connectivity index (χ0n) is 19.7. The van der Waals surface area contributed by atoms with Gasteiger partial charge in [-0.2, -0.15) is 4.98 Å². The van der Waals surface area contributed by atoms with Gasteiger partial charge in [0.2, 0.25) is 5.95 Å². The Hall–Kier alpha value is -4.60. The van der Waals surface area contributed by atoms with E-state index in [1.165, 1.54) is 10.6 Å². The fraction of sp³-hybridized carbons (Fsp3) is 0.200. The van der Waals surface area contributed by atoms with E-state index in [0.29, 0.717) is 17.1 Å². The number of nitrogens with two attached hydrogens (primary N) is 1. The third-order valence-electron chi connectivity index (χ3n) is 5.33. The van der Waals surface area contributed by atoms with E-state index in [2.05, 4.69) is 28.6 Å². The molecule has 1 heterocycles. The Balaban J connectivity index is 2.03. The number of nitrogens with one attached hydrogen (secondary N) is 1. The van der Waals surface area contributed by atoms with Gasteiger partial charge in [-0.3, -0.25) is 4.57 Å².